The standard InChI is InChI=1S/C11H17N3O.ClH/c1-15-9-10-3-2-4-13-11(10)14-7-5-12-6-8-14;/h2-4,12H,5-9H2,1H3;1H. The van der Waals surface area contributed by atoms with Crippen molar-refractivity contribution in [3.05, 3.63) is 23.9 Å². The van der Waals surface area contributed by atoms with E-state index >= 15 is 0 Å². The van der Waals surface area contributed by atoms with E-state index in [0.717, 1.165) is 32.0 Å². The molecule has 1 N–H and O–H groups in total. The van der Waals surface area contributed by atoms with Crippen molar-refractivity contribution in [2.45, 2.75) is 6.61 Å². The Kier molecular flexibility index (Phi) is 5.52. The average Bonchev–Trinajstić information content (AvgIpc) is 2.31. The molecule has 90 valence electrons. The fourth-order valence-electron chi connectivity index (χ4n) is 1.86. The van der Waals surface area contributed by atoms with Crippen LogP contribution in [0.2, 0.25) is 0 Å². The molecule has 1 aromatic rings. The molecule has 0 bridgehead atoms. The average molecular weight is 244 g/mol. The number of piperazine rings is 1. The molecule has 0 amide bonds. The van der Waals surface area contributed by atoms with E-state index in [9.17, 15) is 0 Å². The van der Waals surface area contributed by atoms with Gasteiger partial charge in [0.25, 0.3) is 0 Å². The second-order valence-electron chi connectivity index (χ2n) is 3.66. The van der Waals surface area contributed by atoms with Gasteiger partial charge in [0.2, 0.25) is 0 Å². The van der Waals surface area contributed by atoms with Crippen molar-refractivity contribution in [2.24, 2.45) is 0 Å². The number of halogens is 1. The molecule has 1 fully saturated rings. The van der Waals surface area contributed by atoms with Crippen LogP contribution >= 0.6 is 12.4 Å². The quantitative estimate of drug-likeness (QED) is 0.862. The van der Waals surface area contributed by atoms with Crippen molar-refractivity contribution in [1.29, 1.82) is 0 Å². The van der Waals surface area contributed by atoms with Crippen molar-refractivity contribution in [3.8, 4) is 0 Å². The zero-order valence-corrected chi connectivity index (χ0v) is 10.3. The minimum absolute atomic E-state index is 0. The Hall–Kier alpha value is -0.840. The van der Waals surface area contributed by atoms with Gasteiger partial charge in [-0.1, -0.05) is 6.07 Å². The highest BCUT2D eigenvalue weighted by Crippen LogP contribution is 2.17. The number of rotatable bonds is 3. The molecule has 2 rings (SSSR count). The van der Waals surface area contributed by atoms with Crippen LogP contribution in [0.1, 0.15) is 5.56 Å². The highest BCUT2D eigenvalue weighted by Gasteiger charge is 2.14. The van der Waals surface area contributed by atoms with Gasteiger partial charge in [-0.05, 0) is 6.07 Å². The van der Waals surface area contributed by atoms with Crippen molar-refractivity contribution in [2.75, 3.05) is 38.2 Å². The van der Waals surface area contributed by atoms with Gasteiger partial charge in [0.15, 0.2) is 0 Å². The molecule has 0 aromatic carbocycles. The number of pyridine rings is 1. The monoisotopic (exact) mass is 243 g/mol. The van der Waals surface area contributed by atoms with Gasteiger partial charge in [-0.3, -0.25) is 0 Å². The molecule has 1 aromatic heterocycles. The number of nitrogens with zero attached hydrogens (tertiary/aromatic N) is 2. The van der Waals surface area contributed by atoms with E-state index in [4.69, 9.17) is 4.74 Å². The first kappa shape index (κ1) is 13.2. The van der Waals surface area contributed by atoms with Crippen molar-refractivity contribution in [3.63, 3.8) is 0 Å². The lowest BCUT2D eigenvalue weighted by Crippen LogP contribution is -2.44. The molecule has 4 nitrogen and oxygen atoms in total. The minimum atomic E-state index is 0. The topological polar surface area (TPSA) is 37.4 Å². The highest BCUT2D eigenvalue weighted by atomic mass is 35.5. The number of hydrogen-bond acceptors (Lipinski definition) is 4. The van der Waals surface area contributed by atoms with Crippen LogP contribution in [0, 0.1) is 0 Å². The Morgan fingerprint density at radius 1 is 1.44 bits per heavy atom. The molecule has 5 heteroatoms. The van der Waals surface area contributed by atoms with Crippen LogP contribution in [0.5, 0.6) is 0 Å². The summed E-state index contributed by atoms with van der Waals surface area (Å²) in [6.45, 7) is 4.74. The second-order valence-corrected chi connectivity index (χ2v) is 3.66. The Labute approximate surface area is 102 Å². The first-order valence-corrected chi connectivity index (χ1v) is 5.30. The fourth-order valence-corrected chi connectivity index (χ4v) is 1.86. The molecular formula is C11H18ClN3O. The third-order valence-corrected chi connectivity index (χ3v) is 2.58. The summed E-state index contributed by atoms with van der Waals surface area (Å²) in [7, 11) is 1.72. The van der Waals surface area contributed by atoms with Crippen molar-refractivity contribution in [1.82, 2.24) is 10.3 Å². The van der Waals surface area contributed by atoms with Crippen LogP contribution in [0.25, 0.3) is 0 Å². The van der Waals surface area contributed by atoms with Crippen LogP contribution in [0.3, 0.4) is 0 Å². The van der Waals surface area contributed by atoms with E-state index in [-0.39, 0.29) is 12.4 Å². The molecule has 1 aliphatic heterocycles. The summed E-state index contributed by atoms with van der Waals surface area (Å²) in [6.07, 6.45) is 1.84. The molecule has 0 unspecified atom stereocenters. The van der Waals surface area contributed by atoms with Crippen LogP contribution in [0.4, 0.5) is 5.82 Å². The highest BCUT2D eigenvalue weighted by molar-refractivity contribution is 5.85. The van der Waals surface area contributed by atoms with Crippen LogP contribution < -0.4 is 10.2 Å². The summed E-state index contributed by atoms with van der Waals surface area (Å²) in [5.41, 5.74) is 1.17. The fraction of sp³-hybridized carbons (Fsp3) is 0.545. The van der Waals surface area contributed by atoms with Crippen LogP contribution in [-0.4, -0.2) is 38.3 Å². The predicted octanol–water partition coefficient (Wildman–Crippen LogP) is 1.06. The predicted molar refractivity (Wildman–Crippen MR) is 67.3 cm³/mol. The molecule has 0 radical (unpaired) electrons. The van der Waals surface area contributed by atoms with E-state index < -0.39 is 0 Å². The number of nitrogens with one attached hydrogen (secondary N) is 1. The maximum Gasteiger partial charge on any atom is 0.134 e. The summed E-state index contributed by atoms with van der Waals surface area (Å²) in [4.78, 5) is 6.75. The smallest absolute Gasteiger partial charge is 0.134 e. The van der Waals surface area contributed by atoms with Crippen molar-refractivity contribution < 1.29 is 4.74 Å². The summed E-state index contributed by atoms with van der Waals surface area (Å²) >= 11 is 0. The van der Waals surface area contributed by atoms with Gasteiger partial charge >= 0.3 is 0 Å². The third kappa shape index (κ3) is 3.07. The van der Waals surface area contributed by atoms with E-state index in [1.54, 1.807) is 7.11 Å². The van der Waals surface area contributed by atoms with E-state index in [0.29, 0.717) is 6.61 Å². The maximum absolute atomic E-state index is 5.18. The molecule has 2 heterocycles. The van der Waals surface area contributed by atoms with Gasteiger partial charge in [0.1, 0.15) is 5.82 Å². The lowest BCUT2D eigenvalue weighted by atomic mass is 10.2. The Bertz CT molecular complexity index is 316. The first-order chi connectivity index (χ1) is 7.42. The van der Waals surface area contributed by atoms with Gasteiger partial charge in [-0.2, -0.15) is 0 Å². The third-order valence-electron chi connectivity index (χ3n) is 2.58. The van der Waals surface area contributed by atoms with Gasteiger partial charge in [-0.25, -0.2) is 4.98 Å². The molecule has 0 aliphatic carbocycles. The molecule has 0 atom stereocenters. The zero-order valence-electron chi connectivity index (χ0n) is 9.48. The molecular weight excluding hydrogens is 226 g/mol. The Morgan fingerprint density at radius 2 is 2.19 bits per heavy atom. The number of aromatic nitrogens is 1. The SMILES string of the molecule is COCc1cccnc1N1CCNCC1.Cl. The number of methoxy groups -OCH3 is 1. The van der Waals surface area contributed by atoms with E-state index in [1.807, 2.05) is 12.3 Å². The lowest BCUT2D eigenvalue weighted by molar-refractivity contribution is 0.185. The van der Waals surface area contributed by atoms with Crippen LogP contribution in [-0.2, 0) is 11.3 Å². The van der Waals surface area contributed by atoms with E-state index in [2.05, 4.69) is 21.3 Å². The summed E-state index contributed by atoms with van der Waals surface area (Å²) in [6, 6.07) is 4.04. The summed E-state index contributed by atoms with van der Waals surface area (Å²) in [5, 5.41) is 3.34. The lowest BCUT2D eigenvalue weighted by Gasteiger charge is -2.29. The summed E-state index contributed by atoms with van der Waals surface area (Å²) < 4.78 is 5.18. The molecule has 0 spiro atoms. The van der Waals surface area contributed by atoms with Gasteiger partial charge < -0.3 is 15.0 Å². The van der Waals surface area contributed by atoms with Gasteiger partial charge in [0.05, 0.1) is 6.61 Å². The number of ether oxygens (including phenoxy) is 1. The second kappa shape index (κ2) is 6.68. The normalized spacial score (nSPS) is 15.7. The minimum Gasteiger partial charge on any atom is -0.380 e. The van der Waals surface area contributed by atoms with E-state index in [1.165, 1.54) is 5.56 Å². The Balaban J connectivity index is 0.00000128. The van der Waals surface area contributed by atoms with Crippen molar-refractivity contribution >= 4 is 18.2 Å². The molecule has 0 saturated carbocycles. The maximum atomic E-state index is 5.18. The van der Waals surface area contributed by atoms with Crippen LogP contribution in [0.15, 0.2) is 18.3 Å². The summed E-state index contributed by atoms with van der Waals surface area (Å²) in [5.74, 6) is 1.07. The van der Waals surface area contributed by atoms with Gasteiger partial charge in [0, 0.05) is 45.0 Å². The Morgan fingerprint density at radius 3 is 2.88 bits per heavy atom. The number of hydrogen-bond donors (Lipinski definition) is 1. The first-order valence-electron chi connectivity index (χ1n) is 5.30. The molecule has 1 aliphatic rings. The number of anilines is 1. The van der Waals surface area contributed by atoms with Gasteiger partial charge in [-0.15, -0.1) is 12.4 Å². The zero-order chi connectivity index (χ0) is 10.5. The molecule has 1 saturated heterocycles. The largest absolute Gasteiger partial charge is 0.380 e. The molecule has 16 heavy (non-hydrogen) atoms.